The van der Waals surface area contributed by atoms with E-state index in [1.165, 1.54) is 0 Å². The first kappa shape index (κ1) is 18.2. The molecule has 2 aromatic rings. The number of nitrogens with zero attached hydrogens (tertiary/aromatic N) is 1. The van der Waals surface area contributed by atoms with Crippen LogP contribution in [0.25, 0.3) is 0 Å². The number of hydrogen-bond donors (Lipinski definition) is 3. The van der Waals surface area contributed by atoms with Crippen LogP contribution in [-0.2, 0) is 4.79 Å². The van der Waals surface area contributed by atoms with Crippen LogP contribution in [0.2, 0.25) is 0 Å². The van der Waals surface area contributed by atoms with Crippen LogP contribution in [0.15, 0.2) is 60.7 Å². The van der Waals surface area contributed by atoms with Crippen LogP contribution in [0, 0.1) is 5.92 Å². The van der Waals surface area contributed by atoms with E-state index < -0.39 is 5.97 Å². The van der Waals surface area contributed by atoms with E-state index in [2.05, 4.69) is 10.7 Å². The first-order valence-electron chi connectivity index (χ1n) is 8.83. The molecule has 0 unspecified atom stereocenters. The van der Waals surface area contributed by atoms with Crippen molar-refractivity contribution >= 4 is 34.7 Å². The molecule has 1 aliphatic carbocycles. The predicted molar refractivity (Wildman–Crippen MR) is 107 cm³/mol. The molecule has 0 spiro atoms. The molecule has 26 heavy (non-hydrogen) atoms. The van der Waals surface area contributed by atoms with Crippen LogP contribution in [0.4, 0.5) is 11.4 Å². The van der Waals surface area contributed by atoms with Crippen molar-refractivity contribution in [3.05, 3.63) is 60.7 Å². The summed E-state index contributed by atoms with van der Waals surface area (Å²) in [5, 5.41) is 14.9. The van der Waals surface area contributed by atoms with Crippen LogP contribution >= 0.6 is 12.2 Å². The Balaban J connectivity index is 1.64. The topological polar surface area (TPSA) is 64.6 Å². The molecule has 0 amide bonds. The lowest BCUT2D eigenvalue weighted by molar-refractivity contribution is -0.142. The Labute approximate surface area is 159 Å². The van der Waals surface area contributed by atoms with E-state index in [-0.39, 0.29) is 12.0 Å². The fourth-order valence-corrected chi connectivity index (χ4v) is 3.49. The SMILES string of the molecule is O=C(O)C1CCC(NC(=S)NN(c2ccccc2)c2ccccc2)CC1. The quantitative estimate of drug-likeness (QED) is 0.550. The molecule has 5 nitrogen and oxygen atoms in total. The molecule has 1 fully saturated rings. The van der Waals surface area contributed by atoms with Crippen molar-refractivity contribution in [3.8, 4) is 0 Å². The maximum Gasteiger partial charge on any atom is 0.306 e. The third kappa shape index (κ3) is 4.73. The zero-order valence-corrected chi connectivity index (χ0v) is 15.3. The Morgan fingerprint density at radius 3 is 1.88 bits per heavy atom. The smallest absolute Gasteiger partial charge is 0.306 e. The lowest BCUT2D eigenvalue weighted by atomic mass is 9.86. The summed E-state index contributed by atoms with van der Waals surface area (Å²) < 4.78 is 0. The van der Waals surface area contributed by atoms with E-state index in [1.807, 2.05) is 65.7 Å². The van der Waals surface area contributed by atoms with Crippen LogP contribution in [0.3, 0.4) is 0 Å². The highest BCUT2D eigenvalue weighted by Gasteiger charge is 2.26. The zero-order valence-electron chi connectivity index (χ0n) is 14.5. The molecule has 2 aromatic carbocycles. The van der Waals surface area contributed by atoms with Gasteiger partial charge in [0.1, 0.15) is 0 Å². The molecule has 3 rings (SSSR count). The third-order valence-corrected chi connectivity index (χ3v) is 4.86. The van der Waals surface area contributed by atoms with Crippen LogP contribution in [-0.4, -0.2) is 22.2 Å². The van der Waals surface area contributed by atoms with E-state index >= 15 is 0 Å². The fourth-order valence-electron chi connectivity index (χ4n) is 3.24. The lowest BCUT2D eigenvalue weighted by Gasteiger charge is -2.31. The Morgan fingerprint density at radius 1 is 0.923 bits per heavy atom. The van der Waals surface area contributed by atoms with Gasteiger partial charge in [0.2, 0.25) is 0 Å². The highest BCUT2D eigenvalue weighted by atomic mass is 32.1. The molecule has 0 aliphatic heterocycles. The average molecular weight is 369 g/mol. The molecule has 0 aromatic heterocycles. The second kappa shape index (κ2) is 8.67. The van der Waals surface area contributed by atoms with Crippen molar-refractivity contribution < 1.29 is 9.90 Å². The number of rotatable bonds is 5. The van der Waals surface area contributed by atoms with E-state index in [4.69, 9.17) is 17.3 Å². The molecule has 1 aliphatic rings. The number of benzene rings is 2. The molecule has 3 N–H and O–H groups in total. The molecule has 0 bridgehead atoms. The molecule has 136 valence electrons. The summed E-state index contributed by atoms with van der Waals surface area (Å²) in [6.07, 6.45) is 3.01. The summed E-state index contributed by atoms with van der Waals surface area (Å²) in [5.74, 6) is -0.914. The van der Waals surface area contributed by atoms with Gasteiger partial charge in [0.15, 0.2) is 5.11 Å². The maximum absolute atomic E-state index is 11.1. The number of para-hydroxylation sites is 2. The van der Waals surface area contributed by atoms with Crippen LogP contribution in [0.1, 0.15) is 25.7 Å². The molecule has 0 atom stereocenters. The molecule has 0 radical (unpaired) electrons. The maximum atomic E-state index is 11.1. The average Bonchev–Trinajstić information content (AvgIpc) is 2.68. The summed E-state index contributed by atoms with van der Waals surface area (Å²) in [4.78, 5) is 11.1. The minimum absolute atomic E-state index is 0.207. The van der Waals surface area contributed by atoms with Crippen LogP contribution in [0.5, 0.6) is 0 Å². The number of aliphatic carboxylic acids is 1. The van der Waals surface area contributed by atoms with E-state index in [1.54, 1.807) is 0 Å². The number of carboxylic acids is 1. The number of hydrogen-bond acceptors (Lipinski definition) is 3. The number of carboxylic acid groups (broad SMARTS) is 1. The number of carbonyl (C=O) groups is 1. The highest BCUT2D eigenvalue weighted by Crippen LogP contribution is 2.25. The Bertz CT molecular complexity index is 692. The van der Waals surface area contributed by atoms with Gasteiger partial charge in [0.25, 0.3) is 0 Å². The van der Waals surface area contributed by atoms with Gasteiger partial charge in [0, 0.05) is 6.04 Å². The van der Waals surface area contributed by atoms with Gasteiger partial charge in [-0.25, -0.2) is 0 Å². The van der Waals surface area contributed by atoms with Crippen molar-refractivity contribution in [2.24, 2.45) is 5.92 Å². The van der Waals surface area contributed by atoms with Gasteiger partial charge < -0.3 is 10.4 Å². The number of anilines is 2. The summed E-state index contributed by atoms with van der Waals surface area (Å²) in [5.41, 5.74) is 5.24. The predicted octanol–water partition coefficient (Wildman–Crippen LogP) is 3.85. The summed E-state index contributed by atoms with van der Waals surface area (Å²) in [6.45, 7) is 0. The first-order valence-corrected chi connectivity index (χ1v) is 9.24. The number of hydrazine groups is 1. The van der Waals surface area contributed by atoms with E-state index in [0.29, 0.717) is 18.0 Å². The first-order chi connectivity index (χ1) is 12.6. The molecule has 0 heterocycles. The van der Waals surface area contributed by atoms with Gasteiger partial charge in [-0.1, -0.05) is 36.4 Å². The molecule has 1 saturated carbocycles. The highest BCUT2D eigenvalue weighted by molar-refractivity contribution is 7.80. The summed E-state index contributed by atoms with van der Waals surface area (Å²) in [6, 6.07) is 20.1. The molecule has 0 saturated heterocycles. The Kier molecular flexibility index (Phi) is 6.07. The van der Waals surface area contributed by atoms with Gasteiger partial charge >= 0.3 is 5.97 Å². The fraction of sp³-hybridized carbons (Fsp3) is 0.300. The minimum Gasteiger partial charge on any atom is -0.481 e. The van der Waals surface area contributed by atoms with Crippen molar-refractivity contribution in [3.63, 3.8) is 0 Å². The lowest BCUT2D eigenvalue weighted by Crippen LogP contribution is -2.49. The number of nitrogens with one attached hydrogen (secondary N) is 2. The Hall–Kier alpha value is -2.60. The third-order valence-electron chi connectivity index (χ3n) is 4.65. The minimum atomic E-state index is -0.691. The van der Waals surface area contributed by atoms with Crippen molar-refractivity contribution in [1.82, 2.24) is 10.7 Å². The largest absolute Gasteiger partial charge is 0.481 e. The van der Waals surface area contributed by atoms with Gasteiger partial charge in [-0.2, -0.15) is 0 Å². The molecular weight excluding hydrogens is 346 g/mol. The van der Waals surface area contributed by atoms with E-state index in [0.717, 1.165) is 24.2 Å². The van der Waals surface area contributed by atoms with Crippen molar-refractivity contribution in [2.45, 2.75) is 31.7 Å². The number of thiocarbonyl (C=S) groups is 1. The van der Waals surface area contributed by atoms with Gasteiger partial charge in [-0.3, -0.25) is 15.2 Å². The van der Waals surface area contributed by atoms with Gasteiger partial charge in [-0.15, -0.1) is 0 Å². The Morgan fingerprint density at radius 2 is 1.42 bits per heavy atom. The zero-order chi connectivity index (χ0) is 18.4. The summed E-state index contributed by atoms with van der Waals surface area (Å²) >= 11 is 5.51. The van der Waals surface area contributed by atoms with Crippen molar-refractivity contribution in [2.75, 3.05) is 5.01 Å². The second-order valence-corrected chi connectivity index (χ2v) is 6.89. The monoisotopic (exact) mass is 369 g/mol. The summed E-state index contributed by atoms with van der Waals surface area (Å²) in [7, 11) is 0. The van der Waals surface area contributed by atoms with Gasteiger partial charge in [-0.05, 0) is 62.2 Å². The van der Waals surface area contributed by atoms with E-state index in [9.17, 15) is 4.79 Å². The van der Waals surface area contributed by atoms with Gasteiger partial charge in [0.05, 0.1) is 17.3 Å². The normalized spacial score (nSPS) is 19.4. The van der Waals surface area contributed by atoms with Crippen molar-refractivity contribution in [1.29, 1.82) is 0 Å². The molecule has 6 heteroatoms. The molecular formula is C20H23N3O2S. The second-order valence-electron chi connectivity index (χ2n) is 6.48. The standard InChI is InChI=1S/C20H23N3O2S/c24-19(25)15-11-13-16(14-12-15)21-20(26)22-23(17-7-3-1-4-8-17)18-9-5-2-6-10-18/h1-10,15-16H,11-14H2,(H,24,25)(H2,21,22,26). The van der Waals surface area contributed by atoms with Crippen LogP contribution < -0.4 is 15.8 Å².